The Labute approximate surface area is 124 Å². The maximum absolute atomic E-state index is 5.91. The molecular weight excluding hydrogens is 266 g/mol. The van der Waals surface area contributed by atoms with Gasteiger partial charge in [0.05, 0.1) is 5.69 Å². The number of nitrogens with zero attached hydrogens (tertiary/aromatic N) is 2. The van der Waals surface area contributed by atoms with Crippen LogP contribution in [-0.4, -0.2) is 18.1 Å². The van der Waals surface area contributed by atoms with Crippen molar-refractivity contribution < 1.29 is 0 Å². The molecule has 0 amide bonds. The molecule has 0 aliphatic heterocycles. The molecule has 3 rings (SSSR count). The largest absolute Gasteiger partial charge is 0.348 e. The number of thiazole rings is 1. The molecular formula is C16H21N3S. The third-order valence-corrected chi connectivity index (χ3v) is 4.88. The van der Waals surface area contributed by atoms with Crippen molar-refractivity contribution in [2.45, 2.75) is 26.3 Å². The molecule has 1 aromatic heterocycles. The number of nitrogens with two attached hydrogens (primary N) is 1. The van der Waals surface area contributed by atoms with Crippen molar-refractivity contribution >= 4 is 16.5 Å². The smallest absolute Gasteiger partial charge is 0.186 e. The number of hydrogen-bond acceptors (Lipinski definition) is 4. The first kappa shape index (κ1) is 13.6. The number of aromatic nitrogens is 1. The van der Waals surface area contributed by atoms with Gasteiger partial charge in [-0.2, -0.15) is 0 Å². The van der Waals surface area contributed by atoms with Crippen molar-refractivity contribution in [3.8, 4) is 11.3 Å². The summed E-state index contributed by atoms with van der Waals surface area (Å²) in [6.45, 7) is 4.92. The first-order valence-electron chi connectivity index (χ1n) is 7.32. The van der Waals surface area contributed by atoms with Gasteiger partial charge in [0, 0.05) is 30.1 Å². The molecule has 0 radical (unpaired) electrons. The van der Waals surface area contributed by atoms with E-state index in [4.69, 9.17) is 10.7 Å². The maximum atomic E-state index is 5.91. The number of hydrogen-bond donors (Lipinski definition) is 1. The highest BCUT2D eigenvalue weighted by Gasteiger charge is 2.25. The molecule has 0 bridgehead atoms. The van der Waals surface area contributed by atoms with E-state index in [0.717, 1.165) is 35.4 Å². The summed E-state index contributed by atoms with van der Waals surface area (Å²) in [5.74, 6) is 0.875. The van der Waals surface area contributed by atoms with Gasteiger partial charge in [-0.05, 0) is 25.7 Å². The minimum atomic E-state index is 0.558. The van der Waals surface area contributed by atoms with Crippen molar-refractivity contribution in [3.05, 3.63) is 35.2 Å². The highest BCUT2D eigenvalue weighted by molar-refractivity contribution is 7.16. The summed E-state index contributed by atoms with van der Waals surface area (Å²) in [5, 5.41) is 1.12. The van der Waals surface area contributed by atoms with Crippen LogP contribution in [0.15, 0.2) is 30.3 Å². The van der Waals surface area contributed by atoms with Crippen molar-refractivity contribution in [2.24, 2.45) is 11.7 Å². The topological polar surface area (TPSA) is 42.2 Å². The fraction of sp³-hybridized carbons (Fsp3) is 0.438. The third-order valence-electron chi connectivity index (χ3n) is 3.75. The minimum absolute atomic E-state index is 0.558. The maximum Gasteiger partial charge on any atom is 0.186 e. The molecule has 1 aromatic carbocycles. The van der Waals surface area contributed by atoms with E-state index in [0.29, 0.717) is 6.54 Å². The normalized spacial score (nSPS) is 14.5. The van der Waals surface area contributed by atoms with Crippen LogP contribution in [0, 0.1) is 5.92 Å². The van der Waals surface area contributed by atoms with Crippen LogP contribution in [0.5, 0.6) is 0 Å². The Hall–Kier alpha value is -1.39. The fourth-order valence-electron chi connectivity index (χ4n) is 2.39. The van der Waals surface area contributed by atoms with Gasteiger partial charge >= 0.3 is 0 Å². The number of benzene rings is 1. The summed E-state index contributed by atoms with van der Waals surface area (Å²) < 4.78 is 0. The van der Waals surface area contributed by atoms with E-state index in [1.54, 1.807) is 11.3 Å². The zero-order valence-electron chi connectivity index (χ0n) is 11.9. The second-order valence-corrected chi connectivity index (χ2v) is 6.38. The van der Waals surface area contributed by atoms with Crippen LogP contribution in [0.1, 0.15) is 24.6 Å². The Balaban J connectivity index is 1.91. The second-order valence-electron chi connectivity index (χ2n) is 5.32. The van der Waals surface area contributed by atoms with E-state index < -0.39 is 0 Å². The molecule has 0 unspecified atom stereocenters. The van der Waals surface area contributed by atoms with Crippen molar-refractivity contribution in [1.82, 2.24) is 4.98 Å². The third kappa shape index (κ3) is 2.86. The Kier molecular flexibility index (Phi) is 4.03. The van der Waals surface area contributed by atoms with E-state index in [-0.39, 0.29) is 0 Å². The zero-order valence-corrected chi connectivity index (χ0v) is 12.7. The molecule has 1 fully saturated rings. The van der Waals surface area contributed by atoms with Gasteiger partial charge in [-0.25, -0.2) is 4.98 Å². The molecule has 3 nitrogen and oxygen atoms in total. The van der Waals surface area contributed by atoms with Crippen LogP contribution in [0.4, 0.5) is 5.13 Å². The summed E-state index contributed by atoms with van der Waals surface area (Å²) in [5.41, 5.74) is 8.13. The number of anilines is 1. The Morgan fingerprint density at radius 1 is 1.30 bits per heavy atom. The lowest BCUT2D eigenvalue weighted by molar-refractivity contribution is 0.739. The van der Waals surface area contributed by atoms with E-state index in [1.165, 1.54) is 17.7 Å². The van der Waals surface area contributed by atoms with Crippen LogP contribution in [0.2, 0.25) is 0 Å². The molecule has 1 aliphatic rings. The summed E-state index contributed by atoms with van der Waals surface area (Å²) in [6.07, 6.45) is 2.74. The van der Waals surface area contributed by atoms with Crippen molar-refractivity contribution in [3.63, 3.8) is 0 Å². The van der Waals surface area contributed by atoms with Gasteiger partial charge in [-0.3, -0.25) is 0 Å². The second kappa shape index (κ2) is 5.94. The Morgan fingerprint density at radius 2 is 2.05 bits per heavy atom. The summed E-state index contributed by atoms with van der Waals surface area (Å²) in [7, 11) is 0. The lowest BCUT2D eigenvalue weighted by atomic mass is 10.1. The minimum Gasteiger partial charge on any atom is -0.348 e. The lowest BCUT2D eigenvalue weighted by Gasteiger charge is -2.19. The molecule has 0 spiro atoms. The first-order valence-corrected chi connectivity index (χ1v) is 8.13. The predicted octanol–water partition coefficient (Wildman–Crippen LogP) is 3.51. The van der Waals surface area contributed by atoms with Crippen LogP contribution in [-0.2, 0) is 6.54 Å². The number of rotatable bonds is 6. The Bertz CT molecular complexity index is 560. The first-order chi connectivity index (χ1) is 9.81. The van der Waals surface area contributed by atoms with E-state index in [1.807, 2.05) is 6.07 Å². The van der Waals surface area contributed by atoms with Gasteiger partial charge in [0.1, 0.15) is 0 Å². The summed E-state index contributed by atoms with van der Waals surface area (Å²) in [4.78, 5) is 8.45. The zero-order chi connectivity index (χ0) is 13.9. The molecule has 0 saturated heterocycles. The SMILES string of the molecule is CCN(CC1CC1)c1nc(-c2ccccc2)c(CN)s1. The lowest BCUT2D eigenvalue weighted by Crippen LogP contribution is -2.24. The molecule has 1 aliphatic carbocycles. The average Bonchev–Trinajstić information content (AvgIpc) is 3.22. The van der Waals surface area contributed by atoms with E-state index in [9.17, 15) is 0 Å². The van der Waals surface area contributed by atoms with Crippen LogP contribution < -0.4 is 10.6 Å². The van der Waals surface area contributed by atoms with E-state index >= 15 is 0 Å². The molecule has 106 valence electrons. The molecule has 4 heteroatoms. The van der Waals surface area contributed by atoms with Crippen LogP contribution in [0.3, 0.4) is 0 Å². The van der Waals surface area contributed by atoms with Crippen molar-refractivity contribution in [2.75, 3.05) is 18.0 Å². The van der Waals surface area contributed by atoms with Gasteiger partial charge in [0.25, 0.3) is 0 Å². The fourth-order valence-corrected chi connectivity index (χ4v) is 3.42. The quantitative estimate of drug-likeness (QED) is 0.884. The molecule has 0 atom stereocenters. The van der Waals surface area contributed by atoms with Crippen LogP contribution >= 0.6 is 11.3 Å². The summed E-state index contributed by atoms with van der Waals surface area (Å²) in [6, 6.07) is 10.3. The van der Waals surface area contributed by atoms with E-state index in [2.05, 4.69) is 36.1 Å². The van der Waals surface area contributed by atoms with Gasteiger partial charge in [0.2, 0.25) is 0 Å². The van der Waals surface area contributed by atoms with Gasteiger partial charge in [-0.1, -0.05) is 41.7 Å². The van der Waals surface area contributed by atoms with Crippen LogP contribution in [0.25, 0.3) is 11.3 Å². The standard InChI is InChI=1S/C16H21N3S/c1-2-19(11-12-8-9-12)16-18-15(14(10-17)20-16)13-6-4-3-5-7-13/h3-7,12H,2,8-11,17H2,1H3. The highest BCUT2D eigenvalue weighted by atomic mass is 32.1. The molecule has 1 saturated carbocycles. The molecule has 2 aromatic rings. The van der Waals surface area contributed by atoms with Crippen molar-refractivity contribution in [1.29, 1.82) is 0 Å². The summed E-state index contributed by atoms with van der Waals surface area (Å²) >= 11 is 1.75. The van der Waals surface area contributed by atoms with Gasteiger partial charge in [-0.15, -0.1) is 0 Å². The predicted molar refractivity (Wildman–Crippen MR) is 86.1 cm³/mol. The average molecular weight is 287 g/mol. The molecule has 2 N–H and O–H groups in total. The Morgan fingerprint density at radius 3 is 2.65 bits per heavy atom. The monoisotopic (exact) mass is 287 g/mol. The van der Waals surface area contributed by atoms with Gasteiger partial charge in [0.15, 0.2) is 5.13 Å². The highest BCUT2D eigenvalue weighted by Crippen LogP contribution is 2.36. The molecule has 20 heavy (non-hydrogen) atoms. The molecule has 1 heterocycles. The van der Waals surface area contributed by atoms with Gasteiger partial charge < -0.3 is 10.6 Å².